The van der Waals surface area contributed by atoms with E-state index in [9.17, 15) is 9.59 Å². The van der Waals surface area contributed by atoms with Gasteiger partial charge in [-0.2, -0.15) is 0 Å². The Morgan fingerprint density at radius 3 is 2.85 bits per heavy atom. The van der Waals surface area contributed by atoms with Gasteiger partial charge in [0.15, 0.2) is 0 Å². The molecule has 2 rings (SSSR count). The highest BCUT2D eigenvalue weighted by atomic mass is 35.5. The molecule has 0 fully saturated rings. The first-order valence-corrected chi connectivity index (χ1v) is 6.41. The van der Waals surface area contributed by atoms with E-state index in [1.807, 2.05) is 0 Å². The van der Waals surface area contributed by atoms with E-state index in [2.05, 4.69) is 10.3 Å². The summed E-state index contributed by atoms with van der Waals surface area (Å²) in [4.78, 5) is 27.7. The van der Waals surface area contributed by atoms with Crippen LogP contribution in [0, 0.1) is 6.92 Å². The molecular formula is C14H14ClN3O2. The van der Waals surface area contributed by atoms with Gasteiger partial charge in [-0.15, -0.1) is 0 Å². The number of carbonyl (C=O) groups excluding carboxylic acids is 1. The second-order valence-corrected chi connectivity index (χ2v) is 4.91. The number of amides is 1. The summed E-state index contributed by atoms with van der Waals surface area (Å²) in [6.45, 7) is 1.96. The lowest BCUT2D eigenvalue weighted by Crippen LogP contribution is -2.27. The Bertz CT molecular complexity index is 684. The van der Waals surface area contributed by atoms with Crippen molar-refractivity contribution < 1.29 is 4.79 Å². The fourth-order valence-corrected chi connectivity index (χ4v) is 2.00. The van der Waals surface area contributed by atoms with Crippen LogP contribution in [0.5, 0.6) is 0 Å². The van der Waals surface area contributed by atoms with E-state index in [-0.39, 0.29) is 18.0 Å². The van der Waals surface area contributed by atoms with E-state index in [4.69, 9.17) is 11.6 Å². The SMILES string of the molecule is Cc1cc(C(=O)NCc2cc(Cl)ccn2)cn(C)c1=O. The Kier molecular flexibility index (Phi) is 4.20. The van der Waals surface area contributed by atoms with Crippen LogP contribution in [-0.4, -0.2) is 15.5 Å². The van der Waals surface area contributed by atoms with Gasteiger partial charge in [-0.1, -0.05) is 11.6 Å². The van der Waals surface area contributed by atoms with Gasteiger partial charge in [0.1, 0.15) is 0 Å². The van der Waals surface area contributed by atoms with Gasteiger partial charge in [0, 0.05) is 30.0 Å². The highest BCUT2D eigenvalue weighted by Gasteiger charge is 2.09. The third kappa shape index (κ3) is 3.24. The number of pyridine rings is 2. The Labute approximate surface area is 121 Å². The van der Waals surface area contributed by atoms with Crippen LogP contribution in [0.4, 0.5) is 0 Å². The standard InChI is InChI=1S/C14H14ClN3O2/c1-9-5-10(8-18(2)14(9)20)13(19)17-7-12-6-11(15)3-4-16-12/h3-6,8H,7H2,1-2H3,(H,17,19). The highest BCUT2D eigenvalue weighted by Crippen LogP contribution is 2.08. The first-order valence-electron chi connectivity index (χ1n) is 6.03. The van der Waals surface area contributed by atoms with Crippen LogP contribution in [0.3, 0.4) is 0 Å². The number of carbonyl (C=O) groups is 1. The molecule has 0 spiro atoms. The number of aryl methyl sites for hydroxylation is 2. The first kappa shape index (κ1) is 14.3. The van der Waals surface area contributed by atoms with Gasteiger partial charge >= 0.3 is 0 Å². The van der Waals surface area contributed by atoms with Gasteiger partial charge in [-0.25, -0.2) is 0 Å². The molecule has 2 aromatic heterocycles. The van der Waals surface area contributed by atoms with Gasteiger partial charge in [0.25, 0.3) is 11.5 Å². The molecule has 104 valence electrons. The van der Waals surface area contributed by atoms with Crippen LogP contribution >= 0.6 is 11.6 Å². The zero-order valence-electron chi connectivity index (χ0n) is 11.2. The number of nitrogens with zero attached hydrogens (tertiary/aromatic N) is 2. The molecule has 0 aliphatic heterocycles. The molecule has 1 N–H and O–H groups in total. The lowest BCUT2D eigenvalue weighted by molar-refractivity contribution is 0.0949. The minimum atomic E-state index is -0.259. The summed E-state index contributed by atoms with van der Waals surface area (Å²) in [5.74, 6) is -0.259. The Hall–Kier alpha value is -2.14. The fourth-order valence-electron chi connectivity index (χ4n) is 1.82. The number of rotatable bonds is 3. The summed E-state index contributed by atoms with van der Waals surface area (Å²) in [5, 5.41) is 3.31. The van der Waals surface area contributed by atoms with Crippen molar-refractivity contribution in [2.45, 2.75) is 13.5 Å². The molecule has 5 nitrogen and oxygen atoms in total. The van der Waals surface area contributed by atoms with Crippen LogP contribution in [0.25, 0.3) is 0 Å². The van der Waals surface area contributed by atoms with Crippen molar-refractivity contribution in [1.82, 2.24) is 14.9 Å². The molecule has 0 atom stereocenters. The smallest absolute Gasteiger partial charge is 0.253 e. The topological polar surface area (TPSA) is 64.0 Å². The van der Waals surface area contributed by atoms with Crippen molar-refractivity contribution in [2.75, 3.05) is 0 Å². The average molecular weight is 292 g/mol. The van der Waals surface area contributed by atoms with Crippen LogP contribution in [0.15, 0.2) is 35.4 Å². The van der Waals surface area contributed by atoms with Gasteiger partial charge in [0.05, 0.1) is 17.8 Å². The Morgan fingerprint density at radius 2 is 2.20 bits per heavy atom. The van der Waals surface area contributed by atoms with E-state index >= 15 is 0 Å². The van der Waals surface area contributed by atoms with Crippen molar-refractivity contribution in [3.05, 3.63) is 62.8 Å². The third-order valence-electron chi connectivity index (χ3n) is 2.83. The van der Waals surface area contributed by atoms with Crippen LogP contribution < -0.4 is 10.9 Å². The Morgan fingerprint density at radius 1 is 1.45 bits per heavy atom. The molecule has 20 heavy (non-hydrogen) atoms. The molecule has 0 unspecified atom stereocenters. The van der Waals surface area contributed by atoms with Crippen molar-refractivity contribution >= 4 is 17.5 Å². The molecule has 1 amide bonds. The number of aromatic nitrogens is 2. The van der Waals surface area contributed by atoms with Crippen LogP contribution in [-0.2, 0) is 13.6 Å². The minimum Gasteiger partial charge on any atom is -0.346 e. The largest absolute Gasteiger partial charge is 0.346 e. The zero-order chi connectivity index (χ0) is 14.7. The number of hydrogen-bond donors (Lipinski definition) is 1. The molecule has 6 heteroatoms. The molecule has 0 aromatic carbocycles. The van der Waals surface area contributed by atoms with E-state index in [1.165, 1.54) is 10.8 Å². The summed E-state index contributed by atoms with van der Waals surface area (Å²) in [6, 6.07) is 4.93. The first-order chi connectivity index (χ1) is 9.47. The summed E-state index contributed by atoms with van der Waals surface area (Å²) in [6.07, 6.45) is 3.09. The molecule has 0 radical (unpaired) electrons. The summed E-state index contributed by atoms with van der Waals surface area (Å²) >= 11 is 5.85. The number of hydrogen-bond acceptors (Lipinski definition) is 3. The van der Waals surface area contributed by atoms with Crippen LogP contribution in [0.1, 0.15) is 21.6 Å². The quantitative estimate of drug-likeness (QED) is 0.935. The molecule has 0 aliphatic rings. The third-order valence-corrected chi connectivity index (χ3v) is 3.07. The molecule has 0 saturated heterocycles. The molecule has 2 aromatic rings. The average Bonchev–Trinajstić information content (AvgIpc) is 2.41. The lowest BCUT2D eigenvalue weighted by Gasteiger charge is -2.07. The zero-order valence-corrected chi connectivity index (χ0v) is 11.9. The van der Waals surface area contributed by atoms with Crippen molar-refractivity contribution in [1.29, 1.82) is 0 Å². The van der Waals surface area contributed by atoms with Gasteiger partial charge in [-0.05, 0) is 25.1 Å². The van der Waals surface area contributed by atoms with E-state index in [1.54, 1.807) is 38.4 Å². The second-order valence-electron chi connectivity index (χ2n) is 4.48. The maximum absolute atomic E-state index is 12.0. The maximum atomic E-state index is 12.0. The van der Waals surface area contributed by atoms with Crippen molar-refractivity contribution in [3.8, 4) is 0 Å². The molecule has 0 saturated carbocycles. The van der Waals surface area contributed by atoms with Crippen molar-refractivity contribution in [3.63, 3.8) is 0 Å². The summed E-state index contributed by atoms with van der Waals surface area (Å²) < 4.78 is 1.39. The van der Waals surface area contributed by atoms with Gasteiger partial charge < -0.3 is 9.88 Å². The second kappa shape index (κ2) is 5.88. The predicted octanol–water partition coefficient (Wildman–Crippen LogP) is 1.67. The van der Waals surface area contributed by atoms with Crippen LogP contribution in [0.2, 0.25) is 5.02 Å². The number of halogens is 1. The fraction of sp³-hybridized carbons (Fsp3) is 0.214. The number of nitrogens with one attached hydrogen (secondary N) is 1. The monoisotopic (exact) mass is 291 g/mol. The lowest BCUT2D eigenvalue weighted by atomic mass is 10.2. The summed E-state index contributed by atoms with van der Waals surface area (Å²) in [7, 11) is 1.62. The predicted molar refractivity (Wildman–Crippen MR) is 76.8 cm³/mol. The van der Waals surface area contributed by atoms with Gasteiger partial charge in [-0.3, -0.25) is 14.6 Å². The summed E-state index contributed by atoms with van der Waals surface area (Å²) in [5.41, 5.74) is 1.53. The normalized spacial score (nSPS) is 10.3. The van der Waals surface area contributed by atoms with E-state index in [0.717, 1.165) is 0 Å². The molecule has 2 heterocycles. The van der Waals surface area contributed by atoms with Gasteiger partial charge in [0.2, 0.25) is 0 Å². The molecular weight excluding hydrogens is 278 g/mol. The highest BCUT2D eigenvalue weighted by molar-refractivity contribution is 6.30. The van der Waals surface area contributed by atoms with E-state index in [0.29, 0.717) is 21.8 Å². The maximum Gasteiger partial charge on any atom is 0.253 e. The minimum absolute atomic E-state index is 0.113. The molecule has 0 aliphatic carbocycles. The van der Waals surface area contributed by atoms with Crippen molar-refractivity contribution in [2.24, 2.45) is 7.05 Å². The molecule has 0 bridgehead atoms. The van der Waals surface area contributed by atoms with E-state index < -0.39 is 0 Å². The Balaban J connectivity index is 2.11.